The van der Waals surface area contributed by atoms with E-state index in [1.54, 1.807) is 21.9 Å². The predicted octanol–water partition coefficient (Wildman–Crippen LogP) is 2.82. The van der Waals surface area contributed by atoms with Crippen molar-refractivity contribution in [2.45, 2.75) is 69.0 Å². The van der Waals surface area contributed by atoms with Crippen LogP contribution in [-0.4, -0.2) is 115 Å². The van der Waals surface area contributed by atoms with Crippen molar-refractivity contribution in [1.82, 2.24) is 25.3 Å². The summed E-state index contributed by atoms with van der Waals surface area (Å²) in [5.74, 6) is -0.573. The van der Waals surface area contributed by atoms with Gasteiger partial charge >= 0.3 is 0 Å². The number of rotatable bonds is 10. The minimum atomic E-state index is -0.867. The molecule has 4 amide bonds. The first-order chi connectivity index (χ1) is 23.3. The Morgan fingerprint density at radius 2 is 1.56 bits per heavy atom. The first-order valence-corrected chi connectivity index (χ1v) is 17.7. The number of nitrogens with zero attached hydrogens (tertiary/aromatic N) is 4. The zero-order chi connectivity index (χ0) is 33.5. The van der Waals surface area contributed by atoms with Crippen LogP contribution < -0.4 is 15.5 Å². The van der Waals surface area contributed by atoms with Crippen molar-refractivity contribution in [3.05, 3.63) is 65.2 Å². The third-order valence-corrected chi connectivity index (χ3v) is 10.5. The van der Waals surface area contributed by atoms with E-state index in [1.165, 1.54) is 6.42 Å². The maximum atomic E-state index is 14.2. The van der Waals surface area contributed by atoms with Gasteiger partial charge in [-0.25, -0.2) is 0 Å². The zero-order valence-corrected chi connectivity index (χ0v) is 28.3. The topological polar surface area (TPSA) is 115 Å². The van der Waals surface area contributed by atoms with Gasteiger partial charge in [-0.15, -0.1) is 0 Å². The highest BCUT2D eigenvalue weighted by molar-refractivity contribution is 6.30. The Morgan fingerprint density at radius 1 is 0.875 bits per heavy atom. The Kier molecular flexibility index (Phi) is 11.2. The second-order valence-electron chi connectivity index (χ2n) is 13.5. The van der Waals surface area contributed by atoms with Crippen LogP contribution in [-0.2, 0) is 30.3 Å². The standard InChI is InChI=1S/C36H47ClN6O5/c37-28-13-11-27(12-14-28)23-31(39-32(44)24-40-19-21-48-22-20-40)34(46)41-17-15-36(16-18-41)35(47)42(26-43(36)30-9-5-2-6-10-30)25-33(45)38-29-7-3-1-4-8-29/h2,5-6,9-14,29,31H,1,3-4,7-8,15-26H2,(H,38,45)(H,39,44). The Hall–Kier alpha value is -3.67. The summed E-state index contributed by atoms with van der Waals surface area (Å²) in [7, 11) is 0. The van der Waals surface area contributed by atoms with Crippen LogP contribution in [0.4, 0.5) is 5.69 Å². The van der Waals surface area contributed by atoms with Gasteiger partial charge in [-0.3, -0.25) is 24.1 Å². The number of amides is 4. The van der Waals surface area contributed by atoms with E-state index in [-0.39, 0.29) is 42.8 Å². The van der Waals surface area contributed by atoms with Crippen molar-refractivity contribution in [1.29, 1.82) is 0 Å². The number of para-hydroxylation sites is 1. The van der Waals surface area contributed by atoms with Crippen molar-refractivity contribution < 1.29 is 23.9 Å². The first kappa shape index (κ1) is 34.2. The van der Waals surface area contributed by atoms with Crippen LogP contribution in [0.2, 0.25) is 5.02 Å². The number of likely N-dealkylation sites (tertiary alicyclic amines) is 1. The summed E-state index contributed by atoms with van der Waals surface area (Å²) in [5, 5.41) is 6.77. The maximum Gasteiger partial charge on any atom is 0.250 e. The van der Waals surface area contributed by atoms with Crippen molar-refractivity contribution in [2.75, 3.05) is 64.1 Å². The van der Waals surface area contributed by atoms with Gasteiger partial charge in [0.15, 0.2) is 0 Å². The summed E-state index contributed by atoms with van der Waals surface area (Å²) in [6.07, 6.45) is 6.56. The molecule has 2 aromatic carbocycles. The van der Waals surface area contributed by atoms with Gasteiger partial charge in [0.2, 0.25) is 17.7 Å². The van der Waals surface area contributed by atoms with Gasteiger partial charge in [-0.1, -0.05) is 61.2 Å². The summed E-state index contributed by atoms with van der Waals surface area (Å²) < 4.78 is 5.41. The molecule has 11 nitrogen and oxygen atoms in total. The molecule has 1 saturated carbocycles. The number of carbonyl (C=O) groups is 4. The molecule has 3 aliphatic heterocycles. The molecule has 6 rings (SSSR count). The molecule has 1 spiro atoms. The van der Waals surface area contributed by atoms with Gasteiger partial charge < -0.3 is 30.1 Å². The molecule has 1 unspecified atom stereocenters. The van der Waals surface area contributed by atoms with Crippen LogP contribution in [0, 0.1) is 0 Å². The van der Waals surface area contributed by atoms with E-state index in [9.17, 15) is 19.2 Å². The zero-order valence-electron chi connectivity index (χ0n) is 27.6. The summed E-state index contributed by atoms with van der Waals surface area (Å²) in [4.78, 5) is 62.2. The molecule has 0 bridgehead atoms. The molecule has 0 radical (unpaired) electrons. The molecule has 4 aliphatic rings. The molecule has 0 aromatic heterocycles. The van der Waals surface area contributed by atoms with Crippen molar-refractivity contribution in [3.63, 3.8) is 0 Å². The Labute approximate surface area is 287 Å². The lowest BCUT2D eigenvalue weighted by molar-refractivity contribution is -0.141. The fourth-order valence-electron chi connectivity index (χ4n) is 7.59. The number of morpholine rings is 1. The fraction of sp³-hybridized carbons (Fsp3) is 0.556. The molecule has 258 valence electrons. The normalized spacial score (nSPS) is 20.9. The molecule has 3 saturated heterocycles. The average molecular weight is 679 g/mol. The molecule has 2 aromatic rings. The smallest absolute Gasteiger partial charge is 0.250 e. The summed E-state index contributed by atoms with van der Waals surface area (Å²) in [5.41, 5.74) is 0.937. The monoisotopic (exact) mass is 678 g/mol. The van der Waals surface area contributed by atoms with E-state index in [1.807, 2.05) is 47.4 Å². The first-order valence-electron chi connectivity index (χ1n) is 17.3. The van der Waals surface area contributed by atoms with Crippen LogP contribution in [0.1, 0.15) is 50.5 Å². The van der Waals surface area contributed by atoms with Crippen molar-refractivity contribution in [3.8, 4) is 0 Å². The van der Waals surface area contributed by atoms with Crippen LogP contribution in [0.25, 0.3) is 0 Å². The van der Waals surface area contributed by atoms with E-state index >= 15 is 0 Å². The summed E-state index contributed by atoms with van der Waals surface area (Å²) in [6, 6.07) is 16.5. The fourth-order valence-corrected chi connectivity index (χ4v) is 7.72. The lowest BCUT2D eigenvalue weighted by atomic mass is 9.85. The van der Waals surface area contributed by atoms with Crippen LogP contribution in [0.5, 0.6) is 0 Å². The molecule has 2 N–H and O–H groups in total. The Bertz CT molecular complexity index is 1420. The van der Waals surface area contributed by atoms with Crippen LogP contribution >= 0.6 is 11.6 Å². The van der Waals surface area contributed by atoms with Crippen molar-refractivity contribution in [2.24, 2.45) is 0 Å². The van der Waals surface area contributed by atoms with Crippen LogP contribution in [0.3, 0.4) is 0 Å². The average Bonchev–Trinajstić information content (AvgIpc) is 3.36. The second kappa shape index (κ2) is 15.7. The maximum absolute atomic E-state index is 14.2. The Balaban J connectivity index is 1.15. The van der Waals surface area contributed by atoms with Gasteiger partial charge in [0, 0.05) is 49.4 Å². The molecule has 1 atom stereocenters. The third-order valence-electron chi connectivity index (χ3n) is 10.2. The number of anilines is 1. The molecule has 1 aliphatic carbocycles. The quantitative estimate of drug-likeness (QED) is 0.397. The molecule has 12 heteroatoms. The number of nitrogens with one attached hydrogen (secondary N) is 2. The number of carbonyl (C=O) groups excluding carboxylic acids is 4. The molecular weight excluding hydrogens is 632 g/mol. The van der Waals surface area contributed by atoms with Gasteiger partial charge in [0.05, 0.1) is 26.4 Å². The Morgan fingerprint density at radius 3 is 2.25 bits per heavy atom. The number of piperidine rings is 1. The highest BCUT2D eigenvalue weighted by Gasteiger charge is 2.54. The predicted molar refractivity (Wildman–Crippen MR) is 183 cm³/mol. The van der Waals surface area contributed by atoms with E-state index in [0.717, 1.165) is 36.9 Å². The minimum Gasteiger partial charge on any atom is -0.379 e. The summed E-state index contributed by atoms with van der Waals surface area (Å²) in [6.45, 7) is 3.73. The van der Waals surface area contributed by atoms with Gasteiger partial charge in [0.25, 0.3) is 5.91 Å². The number of halogens is 1. The van der Waals surface area contributed by atoms with Crippen LogP contribution in [0.15, 0.2) is 54.6 Å². The number of ether oxygens (including phenoxy) is 1. The van der Waals surface area contributed by atoms with Crippen molar-refractivity contribution >= 4 is 40.9 Å². The van der Waals surface area contributed by atoms with E-state index < -0.39 is 11.6 Å². The molecule has 4 fully saturated rings. The highest BCUT2D eigenvalue weighted by atomic mass is 35.5. The molecule has 48 heavy (non-hydrogen) atoms. The second-order valence-corrected chi connectivity index (χ2v) is 13.9. The lowest BCUT2D eigenvalue weighted by Gasteiger charge is -2.44. The van der Waals surface area contributed by atoms with E-state index in [0.29, 0.717) is 70.3 Å². The third kappa shape index (κ3) is 8.13. The largest absolute Gasteiger partial charge is 0.379 e. The SMILES string of the molecule is O=C(CN1CN(c2ccccc2)C2(CCN(C(=O)C(Cc3ccc(Cl)cc3)NC(=O)CN3CCOCC3)CC2)C1=O)NC1CCCCC1. The molecule has 3 heterocycles. The van der Waals surface area contributed by atoms with Gasteiger partial charge in [-0.2, -0.15) is 0 Å². The van der Waals surface area contributed by atoms with E-state index in [2.05, 4.69) is 15.5 Å². The van der Waals surface area contributed by atoms with E-state index in [4.69, 9.17) is 16.3 Å². The van der Waals surface area contributed by atoms with Gasteiger partial charge in [-0.05, 0) is 55.5 Å². The number of benzene rings is 2. The molecular formula is C36H47ClN6O5. The van der Waals surface area contributed by atoms with Gasteiger partial charge in [0.1, 0.15) is 18.1 Å². The summed E-state index contributed by atoms with van der Waals surface area (Å²) >= 11 is 6.12. The highest BCUT2D eigenvalue weighted by Crippen LogP contribution is 2.39. The number of hydrogen-bond acceptors (Lipinski definition) is 7. The lowest BCUT2D eigenvalue weighted by Crippen LogP contribution is -2.60. The number of hydrogen-bond donors (Lipinski definition) is 2. The minimum absolute atomic E-state index is 0.0153.